The molecule has 1 unspecified atom stereocenters. The first-order valence-corrected chi connectivity index (χ1v) is 9.65. The van der Waals surface area contributed by atoms with Crippen LogP contribution in [0.4, 0.5) is 0 Å². The summed E-state index contributed by atoms with van der Waals surface area (Å²) in [5, 5.41) is 4.06. The number of ether oxygens (including phenoxy) is 1. The van der Waals surface area contributed by atoms with E-state index in [1.807, 2.05) is 35.2 Å². The second-order valence-corrected chi connectivity index (χ2v) is 7.47. The maximum Gasteiger partial charge on any atom is 0.276 e. The zero-order chi connectivity index (χ0) is 19.2. The Bertz CT molecular complexity index is 723. The van der Waals surface area contributed by atoms with Gasteiger partial charge in [-0.3, -0.25) is 9.69 Å². The second kappa shape index (κ2) is 9.15. The highest BCUT2D eigenvalue weighted by Gasteiger charge is 2.27. The third-order valence-electron chi connectivity index (χ3n) is 5.17. The van der Waals surface area contributed by atoms with Crippen LogP contribution in [0.3, 0.4) is 0 Å². The summed E-state index contributed by atoms with van der Waals surface area (Å²) in [5.74, 6) is 0.978. The summed E-state index contributed by atoms with van der Waals surface area (Å²) in [7, 11) is 0. The van der Waals surface area contributed by atoms with E-state index in [0.29, 0.717) is 24.7 Å². The predicted molar refractivity (Wildman–Crippen MR) is 103 cm³/mol. The van der Waals surface area contributed by atoms with Crippen LogP contribution < -0.4 is 0 Å². The van der Waals surface area contributed by atoms with E-state index in [0.717, 1.165) is 37.6 Å². The molecule has 146 valence electrons. The van der Waals surface area contributed by atoms with Gasteiger partial charge in [-0.05, 0) is 18.4 Å². The Morgan fingerprint density at radius 2 is 1.89 bits per heavy atom. The Morgan fingerprint density at radius 3 is 2.56 bits per heavy atom. The molecule has 1 aliphatic heterocycles. The molecule has 1 fully saturated rings. The monoisotopic (exact) mass is 371 g/mol. The van der Waals surface area contributed by atoms with Crippen LogP contribution in [0.5, 0.6) is 0 Å². The molecule has 0 saturated carbocycles. The molecule has 1 amide bonds. The lowest BCUT2D eigenvalue weighted by atomic mass is 10.0. The molecule has 2 heterocycles. The molecule has 1 aliphatic rings. The molecule has 1 saturated heterocycles. The molecule has 1 aromatic heterocycles. The van der Waals surface area contributed by atoms with Crippen molar-refractivity contribution >= 4 is 5.91 Å². The number of carbonyl (C=O) groups excluding carboxylic acids is 1. The van der Waals surface area contributed by atoms with Gasteiger partial charge in [0.2, 0.25) is 0 Å². The lowest BCUT2D eigenvalue weighted by Gasteiger charge is -2.31. The molecule has 6 heteroatoms. The van der Waals surface area contributed by atoms with Gasteiger partial charge in [0, 0.05) is 31.7 Å². The van der Waals surface area contributed by atoms with Gasteiger partial charge in [0.15, 0.2) is 11.5 Å². The van der Waals surface area contributed by atoms with Crippen molar-refractivity contribution in [3.8, 4) is 0 Å². The number of hydrogen-bond donors (Lipinski definition) is 0. The topological polar surface area (TPSA) is 58.8 Å². The lowest BCUT2D eigenvalue weighted by molar-refractivity contribution is 0.0305. The van der Waals surface area contributed by atoms with Gasteiger partial charge in [0.25, 0.3) is 5.91 Å². The molecular formula is C21H29N3O3. The highest BCUT2D eigenvalue weighted by Crippen LogP contribution is 2.19. The molecule has 2 aromatic rings. The smallest absolute Gasteiger partial charge is 0.276 e. The summed E-state index contributed by atoms with van der Waals surface area (Å²) in [4.78, 5) is 17.3. The minimum atomic E-state index is -0.0861. The van der Waals surface area contributed by atoms with E-state index in [1.165, 1.54) is 0 Å². The minimum absolute atomic E-state index is 0.0861. The number of benzene rings is 1. The molecule has 0 N–H and O–H groups in total. The van der Waals surface area contributed by atoms with E-state index in [9.17, 15) is 4.79 Å². The molecule has 3 rings (SSSR count). The minimum Gasteiger partial charge on any atom is -0.379 e. The average Bonchev–Trinajstić information content (AvgIpc) is 3.15. The number of amides is 1. The highest BCUT2D eigenvalue weighted by molar-refractivity contribution is 5.92. The summed E-state index contributed by atoms with van der Waals surface area (Å²) in [5.41, 5.74) is 1.48. The molecule has 0 aliphatic carbocycles. The fourth-order valence-electron chi connectivity index (χ4n) is 3.16. The number of morpholine rings is 1. The predicted octanol–water partition coefficient (Wildman–Crippen LogP) is 3.19. The molecule has 1 aromatic carbocycles. The van der Waals surface area contributed by atoms with Crippen LogP contribution in [0, 0.1) is 5.92 Å². The van der Waals surface area contributed by atoms with Crippen molar-refractivity contribution in [2.75, 3.05) is 26.3 Å². The normalized spacial score (nSPS) is 16.4. The van der Waals surface area contributed by atoms with E-state index in [1.54, 1.807) is 6.07 Å². The second-order valence-electron chi connectivity index (χ2n) is 7.47. The van der Waals surface area contributed by atoms with Crippen LogP contribution in [-0.4, -0.2) is 53.2 Å². The van der Waals surface area contributed by atoms with Gasteiger partial charge in [0.1, 0.15) is 0 Å². The third-order valence-corrected chi connectivity index (χ3v) is 5.17. The highest BCUT2D eigenvalue weighted by atomic mass is 16.5. The van der Waals surface area contributed by atoms with Crippen LogP contribution in [0.1, 0.15) is 42.6 Å². The van der Waals surface area contributed by atoms with Gasteiger partial charge in [-0.15, -0.1) is 0 Å². The molecule has 0 spiro atoms. The molecule has 27 heavy (non-hydrogen) atoms. The van der Waals surface area contributed by atoms with Gasteiger partial charge in [0.05, 0.1) is 19.8 Å². The van der Waals surface area contributed by atoms with Crippen LogP contribution in [-0.2, 0) is 17.8 Å². The first kappa shape index (κ1) is 19.6. The molecular weight excluding hydrogens is 342 g/mol. The Morgan fingerprint density at radius 1 is 1.19 bits per heavy atom. The average molecular weight is 371 g/mol. The summed E-state index contributed by atoms with van der Waals surface area (Å²) in [6, 6.07) is 11.9. The van der Waals surface area contributed by atoms with Crippen molar-refractivity contribution in [3.05, 3.63) is 53.4 Å². The molecule has 0 bridgehead atoms. The van der Waals surface area contributed by atoms with Crippen molar-refractivity contribution in [1.29, 1.82) is 0 Å². The fourth-order valence-corrected chi connectivity index (χ4v) is 3.16. The third kappa shape index (κ3) is 5.17. The lowest BCUT2D eigenvalue weighted by Crippen LogP contribution is -2.41. The van der Waals surface area contributed by atoms with Crippen molar-refractivity contribution in [3.63, 3.8) is 0 Å². The standard InChI is InChI=1S/C21H29N3O3/c1-16(2)17(3)24(14-18-7-5-4-6-8-18)21(25)20-13-19(27-22-20)15-23-9-11-26-12-10-23/h4-8,13,16-17H,9-12,14-15H2,1-3H3. The number of hydrogen-bond acceptors (Lipinski definition) is 5. The van der Waals surface area contributed by atoms with Crippen LogP contribution in [0.25, 0.3) is 0 Å². The summed E-state index contributed by atoms with van der Waals surface area (Å²) in [6.07, 6.45) is 0. The van der Waals surface area contributed by atoms with Crippen LogP contribution in [0.15, 0.2) is 40.9 Å². The Balaban J connectivity index is 1.73. The largest absolute Gasteiger partial charge is 0.379 e. The van der Waals surface area contributed by atoms with Gasteiger partial charge in [-0.25, -0.2) is 0 Å². The quantitative estimate of drug-likeness (QED) is 0.748. The molecule has 0 radical (unpaired) electrons. The SMILES string of the molecule is CC(C)C(C)N(Cc1ccccc1)C(=O)c1cc(CN2CCOCC2)on1. The number of carbonyl (C=O) groups is 1. The Labute approximate surface area is 161 Å². The van der Waals surface area contributed by atoms with Crippen LogP contribution >= 0.6 is 0 Å². The van der Waals surface area contributed by atoms with Crippen LogP contribution in [0.2, 0.25) is 0 Å². The Hall–Kier alpha value is -2.18. The fraction of sp³-hybridized carbons (Fsp3) is 0.524. The van der Waals surface area contributed by atoms with E-state index in [2.05, 4.69) is 30.8 Å². The van der Waals surface area contributed by atoms with Crippen molar-refractivity contribution in [1.82, 2.24) is 15.0 Å². The number of nitrogens with zero attached hydrogens (tertiary/aromatic N) is 3. The summed E-state index contributed by atoms with van der Waals surface area (Å²) >= 11 is 0. The summed E-state index contributed by atoms with van der Waals surface area (Å²) < 4.78 is 10.8. The van der Waals surface area contributed by atoms with E-state index < -0.39 is 0 Å². The maximum atomic E-state index is 13.2. The Kier molecular flexibility index (Phi) is 6.63. The first-order valence-electron chi connectivity index (χ1n) is 9.65. The zero-order valence-corrected chi connectivity index (χ0v) is 16.4. The van der Waals surface area contributed by atoms with Crippen molar-refractivity contribution in [2.45, 2.75) is 39.9 Å². The van der Waals surface area contributed by atoms with E-state index in [-0.39, 0.29) is 11.9 Å². The zero-order valence-electron chi connectivity index (χ0n) is 16.4. The molecule has 6 nitrogen and oxygen atoms in total. The van der Waals surface area contributed by atoms with Crippen molar-refractivity contribution in [2.24, 2.45) is 5.92 Å². The van der Waals surface area contributed by atoms with Gasteiger partial charge in [-0.2, -0.15) is 0 Å². The number of rotatable bonds is 7. The first-order chi connectivity index (χ1) is 13.0. The van der Waals surface area contributed by atoms with Gasteiger partial charge < -0.3 is 14.2 Å². The summed E-state index contributed by atoms with van der Waals surface area (Å²) in [6.45, 7) is 10.8. The maximum absolute atomic E-state index is 13.2. The van der Waals surface area contributed by atoms with E-state index >= 15 is 0 Å². The van der Waals surface area contributed by atoms with Crippen molar-refractivity contribution < 1.29 is 14.1 Å². The van der Waals surface area contributed by atoms with Gasteiger partial charge >= 0.3 is 0 Å². The number of aromatic nitrogens is 1. The molecule has 1 atom stereocenters. The van der Waals surface area contributed by atoms with E-state index in [4.69, 9.17) is 9.26 Å². The van der Waals surface area contributed by atoms with Gasteiger partial charge in [-0.1, -0.05) is 49.3 Å².